The molecule has 3 aromatic rings. The molecule has 13 heteroatoms. The number of halogens is 2. The van der Waals surface area contributed by atoms with Crippen molar-refractivity contribution in [1.82, 2.24) is 14.6 Å². The first-order valence-electron chi connectivity index (χ1n) is 11.4. The van der Waals surface area contributed by atoms with Gasteiger partial charge >= 0.3 is 5.97 Å². The van der Waals surface area contributed by atoms with Gasteiger partial charge in [-0.1, -0.05) is 47.8 Å². The minimum atomic E-state index is -3.59. The molecule has 1 aromatic heterocycles. The van der Waals surface area contributed by atoms with Crippen LogP contribution in [0.4, 0.5) is 0 Å². The van der Waals surface area contributed by atoms with Gasteiger partial charge in [-0.25, -0.2) is 18.2 Å². The molecule has 0 radical (unpaired) electrons. The van der Waals surface area contributed by atoms with Crippen LogP contribution in [0, 0.1) is 0 Å². The van der Waals surface area contributed by atoms with Gasteiger partial charge in [0.25, 0.3) is 0 Å². The number of sulfonamides is 1. The molecule has 1 fully saturated rings. The van der Waals surface area contributed by atoms with E-state index in [0.717, 1.165) is 15.9 Å². The van der Waals surface area contributed by atoms with Crippen molar-refractivity contribution in [1.29, 1.82) is 0 Å². The van der Waals surface area contributed by atoms with Crippen LogP contribution in [0.5, 0.6) is 0 Å². The minimum Gasteiger partial charge on any atom is -0.480 e. The number of hydrogen-bond acceptors (Lipinski definition) is 5. The van der Waals surface area contributed by atoms with E-state index in [1.807, 2.05) is 12.1 Å². The number of rotatable bonds is 7. The number of carbonyl (C=O) groups excluding carboxylic acids is 1. The van der Waals surface area contributed by atoms with Gasteiger partial charge in [0, 0.05) is 23.9 Å². The van der Waals surface area contributed by atoms with Crippen LogP contribution in [0.3, 0.4) is 0 Å². The second kappa shape index (κ2) is 13.4. The quantitative estimate of drug-likeness (QED) is 0.407. The molecule has 38 heavy (non-hydrogen) atoms. The molecule has 1 aliphatic heterocycles. The Bertz CT molecular complexity index is 1420. The Morgan fingerprint density at radius 3 is 2.42 bits per heavy atom. The summed E-state index contributed by atoms with van der Waals surface area (Å²) in [7, 11) is -3.59. The van der Waals surface area contributed by atoms with Crippen molar-refractivity contribution in [2.75, 3.05) is 12.8 Å². The fraction of sp³-hybridized carbons (Fsp3) is 0.320. The van der Waals surface area contributed by atoms with Gasteiger partial charge < -0.3 is 10.4 Å². The van der Waals surface area contributed by atoms with Gasteiger partial charge in [-0.3, -0.25) is 4.79 Å². The molecule has 2 aromatic carbocycles. The number of nitrogens with zero attached hydrogens (tertiary/aromatic N) is 2. The van der Waals surface area contributed by atoms with Crippen LogP contribution in [0.2, 0.25) is 10.0 Å². The molecule has 8 nitrogen and oxygen atoms in total. The average Bonchev–Trinajstić information content (AvgIpc) is 2.83. The van der Waals surface area contributed by atoms with Crippen molar-refractivity contribution < 1.29 is 23.1 Å². The number of aliphatic carboxylic acids is 1. The smallest absolute Gasteiger partial charge is 0.326 e. The highest BCUT2D eigenvalue weighted by Gasteiger charge is 2.36. The summed E-state index contributed by atoms with van der Waals surface area (Å²) in [4.78, 5) is 29.5. The molecule has 0 unspecified atom stereocenters. The maximum atomic E-state index is 12.9. The number of benzene rings is 2. The van der Waals surface area contributed by atoms with E-state index in [4.69, 9.17) is 23.2 Å². The van der Waals surface area contributed by atoms with E-state index >= 15 is 0 Å². The highest BCUT2D eigenvalue weighted by atomic mass is 35.5. The number of nitrogens with one attached hydrogen (secondary N) is 1. The van der Waals surface area contributed by atoms with Crippen LogP contribution in [0.1, 0.15) is 24.8 Å². The van der Waals surface area contributed by atoms with Gasteiger partial charge in [-0.05, 0) is 48.7 Å². The molecule has 2 atom stereocenters. The van der Waals surface area contributed by atoms with Crippen molar-refractivity contribution >= 4 is 83.0 Å². The summed E-state index contributed by atoms with van der Waals surface area (Å²) in [6.45, 7) is 0.244. The van der Waals surface area contributed by atoms with Crippen molar-refractivity contribution in [2.45, 2.75) is 37.8 Å². The number of fused-ring (bicyclic) bond motifs is 1. The van der Waals surface area contributed by atoms with Gasteiger partial charge in [-0.15, -0.1) is 0 Å². The van der Waals surface area contributed by atoms with Gasteiger partial charge in [0.1, 0.15) is 12.1 Å². The average molecular weight is 619 g/mol. The van der Waals surface area contributed by atoms with Gasteiger partial charge in [0.2, 0.25) is 15.9 Å². The van der Waals surface area contributed by atoms with E-state index in [1.54, 1.807) is 36.4 Å². The fourth-order valence-electron chi connectivity index (χ4n) is 4.45. The van der Waals surface area contributed by atoms with E-state index in [1.165, 1.54) is 0 Å². The topological polar surface area (TPSA) is 117 Å². The molecular formula is C25H29Cl2N3O5S3. The lowest BCUT2D eigenvalue weighted by Crippen LogP contribution is -2.55. The van der Waals surface area contributed by atoms with Crippen molar-refractivity contribution in [3.8, 4) is 11.3 Å². The third-order valence-electron chi connectivity index (χ3n) is 6.21. The maximum absolute atomic E-state index is 12.9. The van der Waals surface area contributed by atoms with E-state index in [-0.39, 0.29) is 40.0 Å². The first kappa shape index (κ1) is 32.2. The summed E-state index contributed by atoms with van der Waals surface area (Å²) < 4.78 is 25.3. The predicted molar refractivity (Wildman–Crippen MR) is 160 cm³/mol. The van der Waals surface area contributed by atoms with Crippen LogP contribution in [0.15, 0.2) is 48.5 Å². The van der Waals surface area contributed by atoms with E-state index in [2.05, 4.69) is 10.3 Å². The number of hydrogen-bond donors (Lipinski definition) is 2. The van der Waals surface area contributed by atoms with Gasteiger partial charge in [-0.2, -0.15) is 31.3 Å². The minimum absolute atomic E-state index is 0. The molecule has 206 valence electrons. The van der Waals surface area contributed by atoms with Crippen LogP contribution in [-0.2, 0) is 26.0 Å². The molecule has 0 spiro atoms. The lowest BCUT2D eigenvalue weighted by molar-refractivity contribution is -0.142. The Balaban J connectivity index is 0.00000253. The first-order valence-corrected chi connectivity index (χ1v) is 14.0. The third-order valence-corrected chi connectivity index (χ3v) is 8.13. The molecule has 1 amide bonds. The summed E-state index contributed by atoms with van der Waals surface area (Å²) in [5.41, 5.74) is 2.61. The normalized spacial score (nSPS) is 16.7. The zero-order valence-corrected chi connectivity index (χ0v) is 24.8. The number of carboxylic acids is 1. The summed E-state index contributed by atoms with van der Waals surface area (Å²) in [6.07, 6.45) is 2.79. The van der Waals surface area contributed by atoms with Crippen molar-refractivity contribution in [2.24, 2.45) is 0 Å². The summed E-state index contributed by atoms with van der Waals surface area (Å²) in [6, 6.07) is 12.1. The lowest BCUT2D eigenvalue weighted by atomic mass is 10.0. The van der Waals surface area contributed by atoms with Gasteiger partial charge in [0.05, 0.1) is 27.5 Å². The second-order valence-corrected chi connectivity index (χ2v) is 11.6. The summed E-state index contributed by atoms with van der Waals surface area (Å²) in [5.74, 6) is -1.80. The molecule has 0 aliphatic carbocycles. The number of piperidine rings is 1. The Hall–Kier alpha value is -2.02. The fourth-order valence-corrected chi connectivity index (χ4v) is 6.17. The number of pyridine rings is 1. The molecular weight excluding hydrogens is 589 g/mol. The monoisotopic (exact) mass is 617 g/mol. The molecule has 1 saturated heterocycles. The third kappa shape index (κ3) is 7.34. The second-order valence-electron chi connectivity index (χ2n) is 8.81. The molecule has 0 saturated carbocycles. The number of carboxylic acid groups (broad SMARTS) is 1. The zero-order chi connectivity index (χ0) is 26.0. The molecule has 0 bridgehead atoms. The lowest BCUT2D eigenvalue weighted by Gasteiger charge is -2.33. The first-order chi connectivity index (χ1) is 17.0. The van der Waals surface area contributed by atoms with Crippen molar-refractivity contribution in [3.63, 3.8) is 0 Å². The highest BCUT2D eigenvalue weighted by Crippen LogP contribution is 2.34. The maximum Gasteiger partial charge on any atom is 0.326 e. The Morgan fingerprint density at radius 2 is 1.79 bits per heavy atom. The standard InChI is InChI=1S/C25H25Cl2N3O5S.2H2S/c1-36(34,35)30-12-3-2-7-22(30)24(31)29-21(25(32)33)14-15-8-10-19-16(13-15)9-11-20(28-19)23-17(26)5-4-6-18(23)27;;/h4-6,8-11,13,21-22H,2-3,7,12,14H2,1H3,(H,29,31)(H,32,33);2*1H2/t21-,22-;;/m0../s1. The van der Waals surface area contributed by atoms with Crippen LogP contribution in [-0.4, -0.2) is 59.6 Å². The Kier molecular flexibility index (Phi) is 11.3. The number of aromatic nitrogens is 1. The Labute approximate surface area is 245 Å². The van der Waals surface area contributed by atoms with Crippen LogP contribution in [0.25, 0.3) is 22.2 Å². The van der Waals surface area contributed by atoms with Crippen LogP contribution < -0.4 is 5.32 Å². The largest absolute Gasteiger partial charge is 0.480 e. The highest BCUT2D eigenvalue weighted by molar-refractivity contribution is 7.88. The predicted octanol–water partition coefficient (Wildman–Crippen LogP) is 4.36. The van der Waals surface area contributed by atoms with E-state index < -0.39 is 34.0 Å². The summed E-state index contributed by atoms with van der Waals surface area (Å²) >= 11 is 12.6. The summed E-state index contributed by atoms with van der Waals surface area (Å²) in [5, 5.41) is 14.0. The molecule has 2 N–H and O–H groups in total. The molecule has 4 rings (SSSR count). The SMILES string of the molecule is CS(=O)(=O)N1CCCC[C@H]1C(=O)N[C@@H](Cc1ccc2nc(-c3c(Cl)cccc3Cl)ccc2c1)C(=O)O.S.S. The van der Waals surface area contributed by atoms with E-state index in [9.17, 15) is 23.1 Å². The number of amides is 1. The van der Waals surface area contributed by atoms with Gasteiger partial charge in [0.15, 0.2) is 0 Å². The molecule has 2 heterocycles. The number of carbonyl (C=O) groups is 2. The Morgan fingerprint density at radius 1 is 1.11 bits per heavy atom. The molecule has 1 aliphatic rings. The van der Waals surface area contributed by atoms with Crippen molar-refractivity contribution in [3.05, 3.63) is 64.1 Å². The van der Waals surface area contributed by atoms with Crippen LogP contribution >= 0.6 is 50.2 Å². The van der Waals surface area contributed by atoms with E-state index in [0.29, 0.717) is 51.6 Å². The zero-order valence-electron chi connectivity index (χ0n) is 20.4.